The molecule has 0 saturated carbocycles. The summed E-state index contributed by atoms with van der Waals surface area (Å²) in [4.78, 5) is 2.25. The zero-order valence-corrected chi connectivity index (χ0v) is 12.4. The topological polar surface area (TPSA) is 24.5 Å². The van der Waals surface area contributed by atoms with E-state index in [0.29, 0.717) is 0 Å². The first-order chi connectivity index (χ1) is 8.34. The van der Waals surface area contributed by atoms with Crippen molar-refractivity contribution >= 4 is 5.69 Å². The number of hydrogen-bond acceptors (Lipinski definition) is 3. The molecule has 0 atom stereocenters. The molecule has 3 nitrogen and oxygen atoms in total. The fourth-order valence-corrected chi connectivity index (χ4v) is 1.81. The predicted molar refractivity (Wildman–Crippen MR) is 78.6 cm³/mol. The zero-order valence-electron chi connectivity index (χ0n) is 12.4. The number of ether oxygens (including phenoxy) is 1. The highest BCUT2D eigenvalue weighted by molar-refractivity contribution is 5.48. The molecule has 1 aromatic rings. The molecule has 0 aliphatic heterocycles. The summed E-state index contributed by atoms with van der Waals surface area (Å²) in [6.45, 7) is 9.41. The van der Waals surface area contributed by atoms with Crippen LogP contribution < -0.4 is 15.0 Å². The smallest absolute Gasteiger partial charge is 0.119 e. The van der Waals surface area contributed by atoms with E-state index in [1.54, 1.807) is 0 Å². The van der Waals surface area contributed by atoms with Gasteiger partial charge in [-0.25, -0.2) is 0 Å². The van der Waals surface area contributed by atoms with Crippen molar-refractivity contribution in [2.45, 2.75) is 39.3 Å². The van der Waals surface area contributed by atoms with Crippen LogP contribution in [-0.2, 0) is 0 Å². The minimum Gasteiger partial charge on any atom is -0.491 e. The largest absolute Gasteiger partial charge is 0.491 e. The molecule has 0 aliphatic carbocycles. The Morgan fingerprint density at radius 2 is 1.78 bits per heavy atom. The van der Waals surface area contributed by atoms with E-state index in [9.17, 15) is 0 Å². The zero-order chi connectivity index (χ0) is 13.8. The number of likely N-dealkylation sites (N-methyl/N-ethyl adjacent to an activating group) is 2. The van der Waals surface area contributed by atoms with E-state index in [0.717, 1.165) is 12.3 Å². The van der Waals surface area contributed by atoms with Crippen molar-refractivity contribution in [3.05, 3.63) is 24.3 Å². The summed E-state index contributed by atoms with van der Waals surface area (Å²) in [6.07, 6.45) is 0.219. The van der Waals surface area contributed by atoms with Crippen molar-refractivity contribution in [1.82, 2.24) is 5.32 Å². The highest BCUT2D eigenvalue weighted by atomic mass is 16.5. The average molecular weight is 250 g/mol. The van der Waals surface area contributed by atoms with Crippen LogP contribution in [0, 0.1) is 0 Å². The lowest BCUT2D eigenvalue weighted by atomic mass is 10.1. The summed E-state index contributed by atoms with van der Waals surface area (Å²) < 4.78 is 5.64. The van der Waals surface area contributed by atoms with Crippen molar-refractivity contribution < 1.29 is 4.74 Å². The van der Waals surface area contributed by atoms with Gasteiger partial charge >= 0.3 is 0 Å². The summed E-state index contributed by atoms with van der Waals surface area (Å²) in [5, 5.41) is 3.31. The summed E-state index contributed by atoms with van der Waals surface area (Å²) >= 11 is 0. The number of nitrogens with zero attached hydrogens (tertiary/aromatic N) is 1. The van der Waals surface area contributed by atoms with Crippen LogP contribution in [0.3, 0.4) is 0 Å². The molecule has 0 saturated heterocycles. The quantitative estimate of drug-likeness (QED) is 0.840. The van der Waals surface area contributed by atoms with Gasteiger partial charge < -0.3 is 15.0 Å². The van der Waals surface area contributed by atoms with Gasteiger partial charge in [-0.15, -0.1) is 0 Å². The van der Waals surface area contributed by atoms with Gasteiger partial charge in [0.1, 0.15) is 5.75 Å². The van der Waals surface area contributed by atoms with Gasteiger partial charge in [0.05, 0.1) is 6.10 Å². The van der Waals surface area contributed by atoms with Crippen LogP contribution >= 0.6 is 0 Å². The molecule has 0 amide bonds. The van der Waals surface area contributed by atoms with Gasteiger partial charge in [-0.2, -0.15) is 0 Å². The lowest BCUT2D eigenvalue weighted by Gasteiger charge is -2.31. The lowest BCUT2D eigenvalue weighted by Crippen LogP contribution is -2.46. The minimum absolute atomic E-state index is 0.0991. The van der Waals surface area contributed by atoms with Crippen molar-refractivity contribution in [2.75, 3.05) is 25.5 Å². The molecule has 18 heavy (non-hydrogen) atoms. The maximum absolute atomic E-state index is 5.64. The van der Waals surface area contributed by atoms with Crippen molar-refractivity contribution in [3.63, 3.8) is 0 Å². The van der Waals surface area contributed by atoms with Crippen molar-refractivity contribution in [2.24, 2.45) is 0 Å². The summed E-state index contributed by atoms with van der Waals surface area (Å²) in [5.74, 6) is 0.926. The average Bonchev–Trinajstić information content (AvgIpc) is 2.28. The Morgan fingerprint density at radius 1 is 1.22 bits per heavy atom. The van der Waals surface area contributed by atoms with Gasteiger partial charge in [-0.05, 0) is 59.0 Å². The van der Waals surface area contributed by atoms with E-state index >= 15 is 0 Å². The van der Waals surface area contributed by atoms with Gasteiger partial charge in [0.25, 0.3) is 0 Å². The highest BCUT2D eigenvalue weighted by Crippen LogP contribution is 2.20. The van der Waals surface area contributed by atoms with Crippen LogP contribution in [0.2, 0.25) is 0 Å². The Labute approximate surface area is 111 Å². The maximum atomic E-state index is 5.64. The second kappa shape index (κ2) is 6.10. The van der Waals surface area contributed by atoms with E-state index in [4.69, 9.17) is 4.74 Å². The summed E-state index contributed by atoms with van der Waals surface area (Å²) in [6, 6.07) is 8.25. The lowest BCUT2D eigenvalue weighted by molar-refractivity contribution is 0.242. The second-order valence-electron chi connectivity index (χ2n) is 5.65. The van der Waals surface area contributed by atoms with Gasteiger partial charge in [-0.1, -0.05) is 0 Å². The molecule has 0 unspecified atom stereocenters. The molecule has 1 rings (SSSR count). The van der Waals surface area contributed by atoms with Crippen LogP contribution in [0.5, 0.6) is 5.75 Å². The molecule has 0 heterocycles. The SMILES string of the molecule is CNC(C)(C)CN(C)c1ccc(OC(C)C)cc1. The Kier molecular flexibility index (Phi) is 5.03. The predicted octanol–water partition coefficient (Wildman–Crippen LogP) is 2.91. The maximum Gasteiger partial charge on any atom is 0.119 e. The fourth-order valence-electron chi connectivity index (χ4n) is 1.81. The summed E-state index contributed by atoms with van der Waals surface area (Å²) in [5.41, 5.74) is 1.30. The van der Waals surface area contributed by atoms with Crippen LogP contribution in [0.15, 0.2) is 24.3 Å². The Hall–Kier alpha value is -1.22. The van der Waals surface area contributed by atoms with E-state index in [1.165, 1.54) is 5.69 Å². The molecule has 3 heteroatoms. The monoisotopic (exact) mass is 250 g/mol. The number of benzene rings is 1. The molecular formula is C15H26N2O. The second-order valence-corrected chi connectivity index (χ2v) is 5.65. The van der Waals surface area contributed by atoms with Crippen LogP contribution in [0.1, 0.15) is 27.7 Å². The number of anilines is 1. The first-order valence-electron chi connectivity index (χ1n) is 6.51. The number of nitrogens with one attached hydrogen (secondary N) is 1. The Bertz CT molecular complexity index is 357. The third-order valence-corrected chi connectivity index (χ3v) is 2.96. The minimum atomic E-state index is 0.0991. The third-order valence-electron chi connectivity index (χ3n) is 2.96. The molecule has 1 N–H and O–H groups in total. The molecule has 0 radical (unpaired) electrons. The fraction of sp³-hybridized carbons (Fsp3) is 0.600. The van der Waals surface area contributed by atoms with Gasteiger partial charge in [0.15, 0.2) is 0 Å². The molecule has 0 spiro atoms. The molecule has 0 bridgehead atoms. The molecule has 102 valence electrons. The first kappa shape index (κ1) is 14.8. The van der Waals surface area contributed by atoms with Crippen LogP contribution in [-0.4, -0.2) is 32.3 Å². The van der Waals surface area contributed by atoms with Crippen molar-refractivity contribution in [1.29, 1.82) is 0 Å². The Balaban J connectivity index is 2.67. The standard InChI is InChI=1S/C15H26N2O/c1-12(2)18-14-9-7-13(8-10-14)17(6)11-15(3,4)16-5/h7-10,12,16H,11H2,1-6H3. The normalized spacial score (nSPS) is 11.7. The van der Waals surface area contributed by atoms with E-state index in [-0.39, 0.29) is 11.6 Å². The van der Waals surface area contributed by atoms with Gasteiger partial charge in [0.2, 0.25) is 0 Å². The first-order valence-corrected chi connectivity index (χ1v) is 6.51. The Morgan fingerprint density at radius 3 is 2.22 bits per heavy atom. The third kappa shape index (κ3) is 4.57. The van der Waals surface area contributed by atoms with Gasteiger partial charge in [-0.3, -0.25) is 0 Å². The van der Waals surface area contributed by atoms with E-state index in [2.05, 4.69) is 43.2 Å². The molecule has 0 fully saturated rings. The molecular weight excluding hydrogens is 224 g/mol. The van der Waals surface area contributed by atoms with Gasteiger partial charge in [0, 0.05) is 24.8 Å². The van der Waals surface area contributed by atoms with Crippen molar-refractivity contribution in [3.8, 4) is 5.75 Å². The van der Waals surface area contributed by atoms with Crippen LogP contribution in [0.25, 0.3) is 0 Å². The molecule has 1 aromatic carbocycles. The van der Waals surface area contributed by atoms with Crippen LogP contribution in [0.4, 0.5) is 5.69 Å². The summed E-state index contributed by atoms with van der Waals surface area (Å²) in [7, 11) is 4.10. The van der Waals surface area contributed by atoms with E-state index < -0.39 is 0 Å². The number of hydrogen-bond donors (Lipinski definition) is 1. The highest BCUT2D eigenvalue weighted by Gasteiger charge is 2.17. The molecule has 0 aliphatic rings. The molecule has 0 aromatic heterocycles. The number of rotatable bonds is 6. The van der Waals surface area contributed by atoms with E-state index in [1.807, 2.05) is 33.0 Å².